The van der Waals surface area contributed by atoms with Crippen LogP contribution in [0.15, 0.2) is 29.2 Å². The maximum Gasteiger partial charge on any atom is 0.316 e. The first-order chi connectivity index (χ1) is 7.00. The zero-order chi connectivity index (χ0) is 11.4. The highest BCUT2D eigenvalue weighted by atomic mass is 32.2. The molecular formula is C9H9NO4S. The number of carbonyl (C=O) groups is 1. The smallest absolute Gasteiger partial charge is 0.316 e. The van der Waals surface area contributed by atoms with Gasteiger partial charge in [-0.25, -0.2) is 0 Å². The van der Waals surface area contributed by atoms with Crippen molar-refractivity contribution in [2.24, 2.45) is 0 Å². The number of benzene rings is 1. The van der Waals surface area contributed by atoms with Gasteiger partial charge in [0.15, 0.2) is 0 Å². The highest BCUT2D eigenvalue weighted by Gasteiger charge is 2.13. The van der Waals surface area contributed by atoms with Crippen LogP contribution < -0.4 is 0 Å². The molecule has 1 N–H and O–H groups in total. The number of nitro groups is 1. The van der Waals surface area contributed by atoms with Crippen LogP contribution in [0.5, 0.6) is 0 Å². The Balaban J connectivity index is 2.72. The second-order valence-electron chi connectivity index (χ2n) is 2.85. The first-order valence-electron chi connectivity index (χ1n) is 4.14. The lowest BCUT2D eigenvalue weighted by atomic mass is 10.3. The molecule has 1 aromatic rings. The van der Waals surface area contributed by atoms with Crippen LogP contribution in [0.4, 0.5) is 5.69 Å². The van der Waals surface area contributed by atoms with Crippen molar-refractivity contribution < 1.29 is 14.8 Å². The Bertz CT molecular complexity index is 376. The van der Waals surface area contributed by atoms with Gasteiger partial charge in [-0.15, -0.1) is 11.8 Å². The number of nitrogens with zero attached hydrogens (tertiary/aromatic N) is 1. The van der Waals surface area contributed by atoms with E-state index in [1.54, 1.807) is 19.1 Å². The van der Waals surface area contributed by atoms with Crippen LogP contribution in [0.2, 0.25) is 0 Å². The van der Waals surface area contributed by atoms with E-state index in [-0.39, 0.29) is 5.69 Å². The third kappa shape index (κ3) is 3.25. The van der Waals surface area contributed by atoms with E-state index in [9.17, 15) is 14.9 Å². The van der Waals surface area contributed by atoms with E-state index in [0.717, 1.165) is 11.8 Å². The molecule has 1 aromatic carbocycles. The number of hydrogen-bond donors (Lipinski definition) is 1. The predicted molar refractivity (Wildman–Crippen MR) is 56.1 cm³/mol. The molecule has 80 valence electrons. The lowest BCUT2D eigenvalue weighted by Gasteiger charge is -2.04. The number of carboxylic acid groups (broad SMARTS) is 1. The van der Waals surface area contributed by atoms with Gasteiger partial charge in [0.25, 0.3) is 5.69 Å². The topological polar surface area (TPSA) is 80.4 Å². The molecule has 0 aliphatic heterocycles. The third-order valence-electron chi connectivity index (χ3n) is 1.71. The van der Waals surface area contributed by atoms with Crippen LogP contribution >= 0.6 is 11.8 Å². The van der Waals surface area contributed by atoms with Crippen LogP contribution in [0.25, 0.3) is 0 Å². The largest absolute Gasteiger partial charge is 0.480 e. The summed E-state index contributed by atoms with van der Waals surface area (Å²) in [7, 11) is 0. The number of rotatable bonds is 4. The van der Waals surface area contributed by atoms with Gasteiger partial charge in [0.05, 0.1) is 4.92 Å². The van der Waals surface area contributed by atoms with Gasteiger partial charge in [-0.2, -0.15) is 0 Å². The Labute approximate surface area is 90.3 Å². The van der Waals surface area contributed by atoms with E-state index in [2.05, 4.69) is 0 Å². The van der Waals surface area contributed by atoms with Gasteiger partial charge < -0.3 is 5.11 Å². The Morgan fingerprint density at radius 2 is 2.00 bits per heavy atom. The van der Waals surface area contributed by atoms with Gasteiger partial charge in [0.2, 0.25) is 0 Å². The van der Waals surface area contributed by atoms with E-state index in [1.807, 2.05) is 0 Å². The summed E-state index contributed by atoms with van der Waals surface area (Å²) in [6, 6.07) is 5.80. The normalized spacial score (nSPS) is 12.1. The van der Waals surface area contributed by atoms with E-state index >= 15 is 0 Å². The molecule has 0 heterocycles. The monoisotopic (exact) mass is 227 g/mol. The fourth-order valence-electron chi connectivity index (χ4n) is 0.901. The molecule has 0 fully saturated rings. The molecule has 1 unspecified atom stereocenters. The average molecular weight is 227 g/mol. The van der Waals surface area contributed by atoms with Crippen molar-refractivity contribution in [3.63, 3.8) is 0 Å². The fourth-order valence-corrected chi connectivity index (χ4v) is 1.70. The van der Waals surface area contributed by atoms with Crippen molar-refractivity contribution in [1.29, 1.82) is 0 Å². The molecule has 1 atom stereocenters. The van der Waals surface area contributed by atoms with Crippen molar-refractivity contribution >= 4 is 23.4 Å². The average Bonchev–Trinajstić information content (AvgIpc) is 2.18. The van der Waals surface area contributed by atoms with Gasteiger partial charge >= 0.3 is 5.97 Å². The molecule has 6 heteroatoms. The lowest BCUT2D eigenvalue weighted by Crippen LogP contribution is -2.10. The second kappa shape index (κ2) is 4.79. The van der Waals surface area contributed by atoms with Gasteiger partial charge in [-0.3, -0.25) is 14.9 Å². The summed E-state index contributed by atoms with van der Waals surface area (Å²) < 4.78 is 0. The zero-order valence-corrected chi connectivity index (χ0v) is 8.73. The van der Waals surface area contributed by atoms with Gasteiger partial charge in [-0.1, -0.05) is 0 Å². The minimum Gasteiger partial charge on any atom is -0.480 e. The molecule has 0 radical (unpaired) electrons. The molecule has 0 saturated carbocycles. The Hall–Kier alpha value is -1.56. The standard InChI is InChI=1S/C9H9NO4S/c1-6(9(11)12)15-8-4-2-7(3-5-8)10(13)14/h2-6H,1H3,(H,11,12). The van der Waals surface area contributed by atoms with Crippen molar-refractivity contribution in [2.75, 3.05) is 0 Å². The molecule has 0 aromatic heterocycles. The molecule has 0 saturated heterocycles. The highest BCUT2D eigenvalue weighted by molar-refractivity contribution is 8.00. The van der Waals surface area contributed by atoms with E-state index < -0.39 is 16.1 Å². The Kier molecular flexibility index (Phi) is 3.68. The molecular weight excluding hydrogens is 218 g/mol. The second-order valence-corrected chi connectivity index (χ2v) is 4.26. The number of thioether (sulfide) groups is 1. The van der Waals surface area contributed by atoms with E-state index in [4.69, 9.17) is 5.11 Å². The summed E-state index contributed by atoms with van der Waals surface area (Å²) in [5, 5.41) is 18.4. The minimum absolute atomic E-state index is 0.00216. The first kappa shape index (κ1) is 11.5. The summed E-state index contributed by atoms with van der Waals surface area (Å²) in [4.78, 5) is 21.1. The first-order valence-corrected chi connectivity index (χ1v) is 5.02. The summed E-state index contributed by atoms with van der Waals surface area (Å²) in [5.74, 6) is -0.904. The Morgan fingerprint density at radius 3 is 2.40 bits per heavy atom. The summed E-state index contributed by atoms with van der Waals surface area (Å²) in [6.07, 6.45) is 0. The molecule has 1 rings (SSSR count). The SMILES string of the molecule is CC(Sc1ccc([N+](=O)[O-])cc1)C(=O)O. The van der Waals surface area contributed by atoms with Crippen molar-refractivity contribution in [1.82, 2.24) is 0 Å². The lowest BCUT2D eigenvalue weighted by molar-refractivity contribution is -0.384. The maximum absolute atomic E-state index is 10.5. The van der Waals surface area contributed by atoms with Crippen LogP contribution in [-0.4, -0.2) is 21.2 Å². The molecule has 0 aliphatic rings. The highest BCUT2D eigenvalue weighted by Crippen LogP contribution is 2.25. The zero-order valence-electron chi connectivity index (χ0n) is 7.91. The van der Waals surface area contributed by atoms with E-state index in [0.29, 0.717) is 4.90 Å². The molecule has 0 spiro atoms. The summed E-state index contributed by atoms with van der Waals surface area (Å²) >= 11 is 1.15. The number of non-ortho nitro benzene ring substituents is 1. The summed E-state index contributed by atoms with van der Waals surface area (Å²) in [5.41, 5.74) is 0.00216. The Morgan fingerprint density at radius 1 is 1.47 bits per heavy atom. The minimum atomic E-state index is -0.904. The quantitative estimate of drug-likeness (QED) is 0.484. The number of aliphatic carboxylic acids is 1. The van der Waals surface area contributed by atoms with Crippen molar-refractivity contribution in [3.8, 4) is 0 Å². The molecule has 5 nitrogen and oxygen atoms in total. The van der Waals surface area contributed by atoms with Gasteiger partial charge in [0, 0.05) is 17.0 Å². The number of hydrogen-bond acceptors (Lipinski definition) is 4. The van der Waals surface area contributed by atoms with Gasteiger partial charge in [-0.05, 0) is 19.1 Å². The third-order valence-corrected chi connectivity index (χ3v) is 2.81. The summed E-state index contributed by atoms with van der Waals surface area (Å²) in [6.45, 7) is 1.56. The molecule has 15 heavy (non-hydrogen) atoms. The molecule has 0 amide bonds. The predicted octanol–water partition coefficient (Wildman–Crippen LogP) is 2.16. The van der Waals surface area contributed by atoms with Crippen LogP contribution in [0.3, 0.4) is 0 Å². The van der Waals surface area contributed by atoms with Crippen LogP contribution in [0, 0.1) is 10.1 Å². The van der Waals surface area contributed by atoms with E-state index in [1.165, 1.54) is 12.1 Å². The van der Waals surface area contributed by atoms with Crippen LogP contribution in [0.1, 0.15) is 6.92 Å². The van der Waals surface area contributed by atoms with Crippen molar-refractivity contribution in [2.45, 2.75) is 17.1 Å². The van der Waals surface area contributed by atoms with Crippen LogP contribution in [-0.2, 0) is 4.79 Å². The molecule has 0 bridgehead atoms. The fraction of sp³-hybridized carbons (Fsp3) is 0.222. The number of carboxylic acids is 1. The maximum atomic E-state index is 10.5. The van der Waals surface area contributed by atoms with Crippen molar-refractivity contribution in [3.05, 3.63) is 34.4 Å². The molecule has 0 aliphatic carbocycles. The number of nitro benzene ring substituents is 1. The van der Waals surface area contributed by atoms with Gasteiger partial charge in [0.1, 0.15) is 5.25 Å².